The van der Waals surface area contributed by atoms with Crippen LogP contribution in [0.3, 0.4) is 0 Å². The van der Waals surface area contributed by atoms with Gasteiger partial charge in [0, 0.05) is 29.7 Å². The van der Waals surface area contributed by atoms with Gasteiger partial charge in [-0.05, 0) is 48.0 Å². The smallest absolute Gasteiger partial charge is 0.294 e. The summed E-state index contributed by atoms with van der Waals surface area (Å²) in [5.41, 5.74) is 3.59. The first-order valence-corrected chi connectivity index (χ1v) is 11.6. The number of hydrogen-bond acceptors (Lipinski definition) is 4. The number of carbonyl (C=O) groups is 2. The molecule has 1 heterocycles. The van der Waals surface area contributed by atoms with Gasteiger partial charge in [0.1, 0.15) is 0 Å². The molecular weight excluding hydrogens is 440 g/mol. The third-order valence-corrected chi connectivity index (χ3v) is 6.04. The fourth-order valence-corrected chi connectivity index (χ4v) is 3.98. The van der Waals surface area contributed by atoms with Crippen LogP contribution in [0.15, 0.2) is 77.7 Å². The first kappa shape index (κ1) is 22.3. The molecule has 33 heavy (non-hydrogen) atoms. The molecule has 0 fully saturated rings. The maximum atomic E-state index is 13.2. The van der Waals surface area contributed by atoms with E-state index in [1.807, 2.05) is 48.5 Å². The highest BCUT2D eigenvalue weighted by Crippen LogP contribution is 2.26. The van der Waals surface area contributed by atoms with Crippen LogP contribution in [-0.2, 0) is 26.3 Å². The molecule has 8 heteroatoms. The van der Waals surface area contributed by atoms with E-state index >= 15 is 0 Å². The third kappa shape index (κ3) is 5.29. The topological polar surface area (TPSA) is 104 Å². The van der Waals surface area contributed by atoms with E-state index in [0.29, 0.717) is 17.9 Å². The number of amides is 2. The molecule has 4 rings (SSSR count). The Morgan fingerprint density at radius 3 is 2.24 bits per heavy atom. The van der Waals surface area contributed by atoms with Crippen molar-refractivity contribution < 1.29 is 22.6 Å². The minimum atomic E-state index is -4.31. The predicted molar refractivity (Wildman–Crippen MR) is 124 cm³/mol. The average Bonchev–Trinajstić information content (AvgIpc) is 2.79. The van der Waals surface area contributed by atoms with E-state index in [9.17, 15) is 18.0 Å². The summed E-state index contributed by atoms with van der Waals surface area (Å²) in [6, 6.07) is 20.2. The molecule has 3 aromatic rings. The minimum absolute atomic E-state index is 0.0150. The van der Waals surface area contributed by atoms with E-state index in [1.54, 1.807) is 4.90 Å². The molecular formula is C25H20N2O5S. The Kier molecular flexibility index (Phi) is 6.27. The Morgan fingerprint density at radius 2 is 1.52 bits per heavy atom. The van der Waals surface area contributed by atoms with Gasteiger partial charge in [0.05, 0.1) is 17.1 Å². The summed E-state index contributed by atoms with van der Waals surface area (Å²) in [6.07, 6.45) is -0.0657. The molecule has 1 aliphatic heterocycles. The lowest BCUT2D eigenvalue weighted by Crippen LogP contribution is -2.32. The van der Waals surface area contributed by atoms with Gasteiger partial charge in [-0.3, -0.25) is 14.1 Å². The molecule has 0 atom stereocenters. The Balaban J connectivity index is 1.47. The van der Waals surface area contributed by atoms with E-state index in [-0.39, 0.29) is 29.6 Å². The predicted octanol–water partition coefficient (Wildman–Crippen LogP) is 3.60. The molecule has 3 aromatic carbocycles. The Hall–Kier alpha value is -3.93. The van der Waals surface area contributed by atoms with Gasteiger partial charge in [0.15, 0.2) is 0 Å². The lowest BCUT2D eigenvalue weighted by atomic mass is 10.0. The van der Waals surface area contributed by atoms with Crippen LogP contribution in [-0.4, -0.2) is 24.8 Å². The van der Waals surface area contributed by atoms with Crippen LogP contribution in [0.25, 0.3) is 0 Å². The summed E-state index contributed by atoms with van der Waals surface area (Å²) in [6.45, 7) is 0.347. The van der Waals surface area contributed by atoms with E-state index in [4.69, 9.17) is 4.55 Å². The largest absolute Gasteiger partial charge is 0.326 e. The maximum Gasteiger partial charge on any atom is 0.294 e. The van der Waals surface area contributed by atoms with Crippen molar-refractivity contribution in [2.45, 2.75) is 24.3 Å². The van der Waals surface area contributed by atoms with Crippen molar-refractivity contribution in [2.75, 3.05) is 10.2 Å². The lowest BCUT2D eigenvalue weighted by Gasteiger charge is -2.26. The fraction of sp³-hybridized carbons (Fsp3) is 0.120. The highest BCUT2D eigenvalue weighted by atomic mass is 32.2. The van der Waals surface area contributed by atoms with Crippen LogP contribution in [0, 0.1) is 11.8 Å². The second kappa shape index (κ2) is 9.28. The van der Waals surface area contributed by atoms with E-state index in [2.05, 4.69) is 17.2 Å². The van der Waals surface area contributed by atoms with Gasteiger partial charge in [0.2, 0.25) is 11.8 Å². The number of para-hydroxylation sites is 1. The molecule has 2 amide bonds. The fourth-order valence-electron chi connectivity index (χ4n) is 3.50. The quantitative estimate of drug-likeness (QED) is 0.447. The highest BCUT2D eigenvalue weighted by molar-refractivity contribution is 7.85. The number of nitrogens with one attached hydrogen (secondary N) is 1. The molecule has 0 radical (unpaired) electrons. The van der Waals surface area contributed by atoms with Crippen molar-refractivity contribution in [2.24, 2.45) is 0 Å². The molecule has 1 aliphatic rings. The number of hydrogen-bond donors (Lipinski definition) is 2. The van der Waals surface area contributed by atoms with Crippen LogP contribution < -0.4 is 10.2 Å². The summed E-state index contributed by atoms with van der Waals surface area (Å²) in [5, 5.41) is 2.63. The van der Waals surface area contributed by atoms with E-state index in [0.717, 1.165) is 16.7 Å². The first-order chi connectivity index (χ1) is 15.8. The van der Waals surface area contributed by atoms with Crippen molar-refractivity contribution in [1.82, 2.24) is 0 Å². The zero-order valence-electron chi connectivity index (χ0n) is 17.5. The normalized spacial score (nSPS) is 12.3. The molecule has 0 saturated carbocycles. The summed E-state index contributed by atoms with van der Waals surface area (Å²) >= 11 is 0. The second-order valence-corrected chi connectivity index (χ2v) is 8.87. The van der Waals surface area contributed by atoms with E-state index < -0.39 is 10.1 Å². The summed E-state index contributed by atoms with van der Waals surface area (Å²) in [7, 11) is -4.31. The van der Waals surface area contributed by atoms with Gasteiger partial charge >= 0.3 is 0 Å². The molecule has 0 saturated heterocycles. The van der Waals surface area contributed by atoms with Crippen molar-refractivity contribution in [3.8, 4) is 11.8 Å². The standard InChI is InChI=1S/C25H20N2O5S/c28-24(26-21-11-13-22(14-12-21)33(30,31)32)15-16-25(29)27-17-20-7-2-1-5-18(20)9-10-19-6-3-4-8-23(19)27/h1-8,11-14H,15-17H2,(H,26,28)(H,30,31,32). The van der Waals surface area contributed by atoms with Crippen LogP contribution in [0.1, 0.15) is 29.5 Å². The summed E-state index contributed by atoms with van der Waals surface area (Å²) in [5.74, 6) is 5.71. The Bertz CT molecular complexity index is 1390. The van der Waals surface area contributed by atoms with Crippen LogP contribution in [0.5, 0.6) is 0 Å². The van der Waals surface area contributed by atoms with Crippen LogP contribution in [0.2, 0.25) is 0 Å². The molecule has 0 aromatic heterocycles. The minimum Gasteiger partial charge on any atom is -0.326 e. The Morgan fingerprint density at radius 1 is 0.879 bits per heavy atom. The number of anilines is 2. The molecule has 2 N–H and O–H groups in total. The molecule has 0 aliphatic carbocycles. The highest BCUT2D eigenvalue weighted by Gasteiger charge is 2.21. The third-order valence-electron chi connectivity index (χ3n) is 5.18. The van der Waals surface area contributed by atoms with Crippen molar-refractivity contribution >= 4 is 33.3 Å². The van der Waals surface area contributed by atoms with Gasteiger partial charge < -0.3 is 10.2 Å². The van der Waals surface area contributed by atoms with Crippen molar-refractivity contribution in [3.05, 3.63) is 89.5 Å². The molecule has 7 nitrogen and oxygen atoms in total. The summed E-state index contributed by atoms with van der Waals surface area (Å²) in [4.78, 5) is 26.9. The second-order valence-electron chi connectivity index (χ2n) is 7.45. The molecule has 0 spiro atoms. The van der Waals surface area contributed by atoms with Gasteiger partial charge in [-0.2, -0.15) is 8.42 Å². The van der Waals surface area contributed by atoms with Gasteiger partial charge in [-0.1, -0.05) is 42.2 Å². The van der Waals surface area contributed by atoms with Gasteiger partial charge in [-0.15, -0.1) is 0 Å². The number of nitrogens with zero attached hydrogens (tertiary/aromatic N) is 1. The number of rotatable bonds is 5. The first-order valence-electron chi connectivity index (χ1n) is 10.2. The lowest BCUT2D eigenvalue weighted by molar-refractivity contribution is -0.122. The molecule has 0 unspecified atom stereocenters. The monoisotopic (exact) mass is 460 g/mol. The maximum absolute atomic E-state index is 13.2. The zero-order valence-corrected chi connectivity index (χ0v) is 18.3. The zero-order chi connectivity index (χ0) is 23.4. The van der Waals surface area contributed by atoms with Crippen molar-refractivity contribution in [1.29, 1.82) is 0 Å². The van der Waals surface area contributed by atoms with Gasteiger partial charge in [0.25, 0.3) is 10.1 Å². The van der Waals surface area contributed by atoms with E-state index in [1.165, 1.54) is 24.3 Å². The van der Waals surface area contributed by atoms with Crippen LogP contribution in [0.4, 0.5) is 11.4 Å². The Labute approximate surface area is 191 Å². The molecule has 0 bridgehead atoms. The SMILES string of the molecule is O=C(CCC(=O)N1Cc2ccccc2C#Cc2ccccc21)Nc1ccc(S(=O)(=O)O)cc1. The number of benzene rings is 3. The number of carbonyl (C=O) groups excluding carboxylic acids is 2. The summed E-state index contributed by atoms with van der Waals surface area (Å²) < 4.78 is 31.3. The van der Waals surface area contributed by atoms with Gasteiger partial charge in [-0.25, -0.2) is 0 Å². The average molecular weight is 461 g/mol. The number of fused-ring (bicyclic) bond motifs is 2. The van der Waals surface area contributed by atoms with Crippen LogP contribution >= 0.6 is 0 Å². The van der Waals surface area contributed by atoms with Crippen molar-refractivity contribution in [3.63, 3.8) is 0 Å². The molecule has 166 valence electrons.